The van der Waals surface area contributed by atoms with E-state index in [1.165, 1.54) is 12.5 Å². The first kappa shape index (κ1) is 19.1. The molecule has 1 saturated heterocycles. The lowest BCUT2D eigenvalue weighted by Gasteiger charge is -2.09. The van der Waals surface area contributed by atoms with E-state index in [-0.39, 0.29) is 24.5 Å². The molecule has 1 aliphatic heterocycles. The van der Waals surface area contributed by atoms with Gasteiger partial charge >= 0.3 is 5.97 Å². The van der Waals surface area contributed by atoms with Gasteiger partial charge in [0.2, 0.25) is 0 Å². The smallest absolute Gasteiger partial charge is 0.302 e. The standard InChI is InChI=1S/C16H28O6/c1-13(7-8-21-14(2)17)5-6-15-16(3,22-15)11-20-12-19-10-9-18-4/h7,15H,5-6,8-12H2,1-4H3/b13-7+. The lowest BCUT2D eigenvalue weighted by atomic mass is 10.0. The number of hydrogen-bond donors (Lipinski definition) is 0. The number of hydrogen-bond acceptors (Lipinski definition) is 6. The van der Waals surface area contributed by atoms with Crippen molar-refractivity contribution in [3.63, 3.8) is 0 Å². The molecule has 0 aromatic rings. The molecule has 6 nitrogen and oxygen atoms in total. The fraction of sp³-hybridized carbons (Fsp3) is 0.812. The SMILES string of the molecule is COCCOCOCC1(C)OC1CC/C(C)=C/COC(C)=O. The highest BCUT2D eigenvalue weighted by molar-refractivity contribution is 5.66. The average Bonchev–Trinajstić information content (AvgIpc) is 3.11. The highest BCUT2D eigenvalue weighted by Crippen LogP contribution is 2.39. The van der Waals surface area contributed by atoms with E-state index in [1.54, 1.807) is 7.11 Å². The van der Waals surface area contributed by atoms with Crippen molar-refractivity contribution < 1.29 is 28.5 Å². The Bertz CT molecular complexity index is 368. The van der Waals surface area contributed by atoms with E-state index in [0.717, 1.165) is 12.8 Å². The van der Waals surface area contributed by atoms with Gasteiger partial charge in [0, 0.05) is 14.0 Å². The van der Waals surface area contributed by atoms with Gasteiger partial charge in [0.25, 0.3) is 0 Å². The molecule has 1 fully saturated rings. The molecule has 0 aromatic carbocycles. The predicted octanol–water partition coefficient (Wildman–Crippen LogP) is 2.07. The van der Waals surface area contributed by atoms with Gasteiger partial charge in [0.1, 0.15) is 19.0 Å². The molecule has 128 valence electrons. The maximum Gasteiger partial charge on any atom is 0.302 e. The number of allylic oxidation sites excluding steroid dienone is 1. The quantitative estimate of drug-likeness (QED) is 0.180. The number of carbonyl (C=O) groups is 1. The third-order valence-corrected chi connectivity index (χ3v) is 3.54. The van der Waals surface area contributed by atoms with Gasteiger partial charge in [-0.15, -0.1) is 0 Å². The molecule has 2 unspecified atom stereocenters. The van der Waals surface area contributed by atoms with Gasteiger partial charge in [-0.2, -0.15) is 0 Å². The zero-order valence-electron chi connectivity index (χ0n) is 14.1. The van der Waals surface area contributed by atoms with Crippen LogP contribution in [0.25, 0.3) is 0 Å². The minimum Gasteiger partial charge on any atom is -0.462 e. The van der Waals surface area contributed by atoms with Gasteiger partial charge in [-0.25, -0.2) is 0 Å². The van der Waals surface area contributed by atoms with Crippen LogP contribution in [0.3, 0.4) is 0 Å². The summed E-state index contributed by atoms with van der Waals surface area (Å²) in [5, 5.41) is 0. The van der Waals surface area contributed by atoms with Crippen molar-refractivity contribution in [2.45, 2.75) is 45.3 Å². The molecular formula is C16H28O6. The Morgan fingerprint density at radius 2 is 2.05 bits per heavy atom. The van der Waals surface area contributed by atoms with E-state index in [9.17, 15) is 4.79 Å². The zero-order valence-corrected chi connectivity index (χ0v) is 14.1. The molecule has 1 aliphatic rings. The molecule has 6 heteroatoms. The Morgan fingerprint density at radius 3 is 2.73 bits per heavy atom. The summed E-state index contributed by atoms with van der Waals surface area (Å²) < 4.78 is 26.2. The van der Waals surface area contributed by atoms with Gasteiger partial charge in [0.15, 0.2) is 0 Å². The van der Waals surface area contributed by atoms with Gasteiger partial charge < -0.3 is 23.7 Å². The number of carbonyl (C=O) groups excluding carboxylic acids is 1. The molecule has 0 N–H and O–H groups in total. The van der Waals surface area contributed by atoms with Crippen molar-refractivity contribution in [1.29, 1.82) is 0 Å². The van der Waals surface area contributed by atoms with Gasteiger partial charge in [0.05, 0.1) is 25.9 Å². The fourth-order valence-electron chi connectivity index (χ4n) is 2.05. The molecule has 22 heavy (non-hydrogen) atoms. The Balaban J connectivity index is 2.07. The lowest BCUT2D eigenvalue weighted by Crippen LogP contribution is -2.20. The highest BCUT2D eigenvalue weighted by atomic mass is 16.7. The molecule has 0 spiro atoms. The van der Waals surface area contributed by atoms with E-state index in [2.05, 4.69) is 0 Å². The highest BCUT2D eigenvalue weighted by Gasteiger charge is 2.51. The van der Waals surface area contributed by atoms with Crippen LogP contribution in [0.4, 0.5) is 0 Å². The zero-order chi connectivity index (χ0) is 16.4. The fourth-order valence-corrected chi connectivity index (χ4v) is 2.05. The van der Waals surface area contributed by atoms with E-state index in [0.29, 0.717) is 26.4 Å². The number of epoxide rings is 1. The molecule has 0 saturated carbocycles. The minimum atomic E-state index is -0.257. The van der Waals surface area contributed by atoms with E-state index < -0.39 is 0 Å². The van der Waals surface area contributed by atoms with E-state index in [1.807, 2.05) is 19.9 Å². The average molecular weight is 316 g/mol. The van der Waals surface area contributed by atoms with Crippen LogP contribution in [0.2, 0.25) is 0 Å². The van der Waals surface area contributed by atoms with E-state index in [4.69, 9.17) is 23.7 Å². The monoisotopic (exact) mass is 316 g/mol. The Kier molecular flexibility index (Phi) is 8.63. The van der Waals surface area contributed by atoms with Gasteiger partial charge in [-0.3, -0.25) is 4.79 Å². The van der Waals surface area contributed by atoms with Gasteiger partial charge in [-0.1, -0.05) is 5.57 Å². The van der Waals surface area contributed by atoms with Crippen LogP contribution in [0.15, 0.2) is 11.6 Å². The summed E-state index contributed by atoms with van der Waals surface area (Å²) >= 11 is 0. The first-order chi connectivity index (χ1) is 10.5. The molecule has 1 heterocycles. The summed E-state index contributed by atoms with van der Waals surface area (Å²) in [6, 6.07) is 0. The summed E-state index contributed by atoms with van der Waals surface area (Å²) in [5.41, 5.74) is 0.990. The van der Waals surface area contributed by atoms with Crippen molar-refractivity contribution in [1.82, 2.24) is 0 Å². The Hall–Kier alpha value is -0.950. The number of esters is 1. The van der Waals surface area contributed by atoms with Crippen LogP contribution in [0.5, 0.6) is 0 Å². The molecule has 1 rings (SSSR count). The van der Waals surface area contributed by atoms with Crippen LogP contribution in [0, 0.1) is 0 Å². The lowest BCUT2D eigenvalue weighted by molar-refractivity contribution is -0.139. The Morgan fingerprint density at radius 1 is 1.27 bits per heavy atom. The van der Waals surface area contributed by atoms with E-state index >= 15 is 0 Å². The summed E-state index contributed by atoms with van der Waals surface area (Å²) in [5.74, 6) is -0.257. The summed E-state index contributed by atoms with van der Waals surface area (Å²) in [6.07, 6.45) is 4.00. The second-order valence-corrected chi connectivity index (χ2v) is 5.68. The van der Waals surface area contributed by atoms with Crippen molar-refractivity contribution in [2.24, 2.45) is 0 Å². The second-order valence-electron chi connectivity index (χ2n) is 5.68. The minimum absolute atomic E-state index is 0.208. The maximum absolute atomic E-state index is 10.7. The van der Waals surface area contributed by atoms with Crippen molar-refractivity contribution >= 4 is 5.97 Å². The van der Waals surface area contributed by atoms with Crippen LogP contribution < -0.4 is 0 Å². The normalized spacial score (nSPS) is 24.4. The molecular weight excluding hydrogens is 288 g/mol. The van der Waals surface area contributed by atoms with Crippen LogP contribution in [0.1, 0.15) is 33.6 Å². The first-order valence-electron chi connectivity index (χ1n) is 7.59. The number of ether oxygens (including phenoxy) is 5. The molecule has 0 bridgehead atoms. The van der Waals surface area contributed by atoms with Crippen molar-refractivity contribution in [3.8, 4) is 0 Å². The van der Waals surface area contributed by atoms with Gasteiger partial charge in [-0.05, 0) is 32.8 Å². The van der Waals surface area contributed by atoms with Crippen LogP contribution >= 0.6 is 0 Å². The third-order valence-electron chi connectivity index (χ3n) is 3.54. The summed E-state index contributed by atoms with van der Waals surface area (Å²) in [6.45, 7) is 7.71. The van der Waals surface area contributed by atoms with Crippen LogP contribution in [-0.4, -0.2) is 58.0 Å². The first-order valence-corrected chi connectivity index (χ1v) is 7.59. The maximum atomic E-state index is 10.7. The number of methoxy groups -OCH3 is 1. The molecule has 2 atom stereocenters. The largest absolute Gasteiger partial charge is 0.462 e. The second kappa shape index (κ2) is 9.94. The summed E-state index contributed by atoms with van der Waals surface area (Å²) in [4.78, 5) is 10.7. The Labute approximate surface area is 132 Å². The predicted molar refractivity (Wildman–Crippen MR) is 81.5 cm³/mol. The molecule has 0 amide bonds. The summed E-state index contributed by atoms with van der Waals surface area (Å²) in [7, 11) is 1.64. The topological polar surface area (TPSA) is 66.5 Å². The molecule has 0 aliphatic carbocycles. The van der Waals surface area contributed by atoms with Crippen LogP contribution in [-0.2, 0) is 28.5 Å². The number of rotatable bonds is 12. The molecule has 0 aromatic heterocycles. The van der Waals surface area contributed by atoms with Crippen molar-refractivity contribution in [3.05, 3.63) is 11.6 Å². The third kappa shape index (κ3) is 7.89. The van der Waals surface area contributed by atoms with Crippen molar-refractivity contribution in [2.75, 3.05) is 40.3 Å². The molecule has 0 radical (unpaired) electrons.